The summed E-state index contributed by atoms with van der Waals surface area (Å²) < 4.78 is 11.1. The van der Waals surface area contributed by atoms with E-state index in [1.165, 1.54) is 11.1 Å². The van der Waals surface area contributed by atoms with Crippen LogP contribution in [0.3, 0.4) is 0 Å². The van der Waals surface area contributed by atoms with Gasteiger partial charge in [-0.05, 0) is 41.8 Å². The van der Waals surface area contributed by atoms with E-state index in [2.05, 4.69) is 34.1 Å². The lowest BCUT2D eigenvalue weighted by Gasteiger charge is -2.27. The van der Waals surface area contributed by atoms with Crippen LogP contribution < -0.4 is 4.74 Å². The minimum Gasteiger partial charge on any atom is -0.497 e. The van der Waals surface area contributed by atoms with Crippen LogP contribution in [0.25, 0.3) is 11.3 Å². The molecule has 4 heteroatoms. The van der Waals surface area contributed by atoms with Crippen LogP contribution in [0.5, 0.6) is 5.75 Å². The number of nitrogens with zero attached hydrogens (tertiary/aromatic N) is 2. The van der Waals surface area contributed by atoms with Crippen LogP contribution >= 0.6 is 0 Å². The highest BCUT2D eigenvalue weighted by Crippen LogP contribution is 2.25. The largest absolute Gasteiger partial charge is 0.497 e. The normalized spacial score (nSPS) is 14.4. The maximum absolute atomic E-state index is 5.94. The van der Waals surface area contributed by atoms with E-state index >= 15 is 0 Å². The van der Waals surface area contributed by atoms with Gasteiger partial charge in [0.1, 0.15) is 5.75 Å². The van der Waals surface area contributed by atoms with Gasteiger partial charge in [0.05, 0.1) is 19.9 Å². The third-order valence-corrected chi connectivity index (χ3v) is 4.50. The lowest BCUT2D eigenvalue weighted by atomic mass is 10.00. The fourth-order valence-corrected chi connectivity index (χ4v) is 3.15. The number of methoxy groups -OCH3 is 1. The van der Waals surface area contributed by atoms with Crippen LogP contribution in [0.15, 0.2) is 59.1 Å². The van der Waals surface area contributed by atoms with Crippen LogP contribution in [0, 0.1) is 0 Å². The lowest BCUT2D eigenvalue weighted by Crippen LogP contribution is -2.30. The molecule has 2 aromatic carbocycles. The molecular formula is C20H20N2O2. The summed E-state index contributed by atoms with van der Waals surface area (Å²) in [5.74, 6) is 2.40. The molecule has 2 heterocycles. The Balaban J connectivity index is 1.46. The average molecular weight is 320 g/mol. The smallest absolute Gasteiger partial charge is 0.209 e. The maximum atomic E-state index is 5.94. The van der Waals surface area contributed by atoms with Crippen LogP contribution in [0.2, 0.25) is 0 Å². The van der Waals surface area contributed by atoms with Gasteiger partial charge >= 0.3 is 0 Å². The topological polar surface area (TPSA) is 38.5 Å². The zero-order valence-corrected chi connectivity index (χ0v) is 13.7. The summed E-state index contributed by atoms with van der Waals surface area (Å²) in [4.78, 5) is 6.83. The van der Waals surface area contributed by atoms with Crippen molar-refractivity contribution < 1.29 is 9.15 Å². The van der Waals surface area contributed by atoms with Gasteiger partial charge in [0.15, 0.2) is 5.76 Å². The number of fused-ring (bicyclic) bond motifs is 1. The molecule has 1 aliphatic heterocycles. The number of aromatic nitrogens is 1. The van der Waals surface area contributed by atoms with Gasteiger partial charge in [-0.25, -0.2) is 4.98 Å². The quantitative estimate of drug-likeness (QED) is 0.730. The highest BCUT2D eigenvalue weighted by Gasteiger charge is 2.18. The maximum Gasteiger partial charge on any atom is 0.209 e. The molecule has 0 aliphatic carbocycles. The number of benzene rings is 2. The zero-order chi connectivity index (χ0) is 16.4. The summed E-state index contributed by atoms with van der Waals surface area (Å²) in [6.07, 6.45) is 2.89. The number of hydrogen-bond acceptors (Lipinski definition) is 4. The van der Waals surface area contributed by atoms with E-state index in [1.807, 2.05) is 24.3 Å². The van der Waals surface area contributed by atoms with Gasteiger partial charge in [-0.15, -0.1) is 0 Å². The van der Waals surface area contributed by atoms with Crippen molar-refractivity contribution in [3.8, 4) is 17.1 Å². The zero-order valence-electron chi connectivity index (χ0n) is 13.7. The molecule has 0 fully saturated rings. The van der Waals surface area contributed by atoms with Gasteiger partial charge in [-0.3, -0.25) is 4.90 Å². The average Bonchev–Trinajstić information content (AvgIpc) is 3.10. The first-order chi connectivity index (χ1) is 11.8. The van der Waals surface area contributed by atoms with Crippen LogP contribution in [-0.2, 0) is 19.5 Å². The Labute approximate surface area is 141 Å². The van der Waals surface area contributed by atoms with E-state index in [0.29, 0.717) is 0 Å². The van der Waals surface area contributed by atoms with Crippen molar-refractivity contribution in [3.63, 3.8) is 0 Å². The van der Waals surface area contributed by atoms with Crippen molar-refractivity contribution in [2.75, 3.05) is 13.7 Å². The summed E-state index contributed by atoms with van der Waals surface area (Å²) in [7, 11) is 1.67. The molecule has 1 aromatic heterocycles. The number of rotatable bonds is 4. The number of hydrogen-bond donors (Lipinski definition) is 0. The molecule has 0 amide bonds. The number of ether oxygens (including phenoxy) is 1. The van der Waals surface area contributed by atoms with Gasteiger partial charge in [0, 0.05) is 18.7 Å². The van der Waals surface area contributed by atoms with Crippen molar-refractivity contribution >= 4 is 0 Å². The summed E-state index contributed by atoms with van der Waals surface area (Å²) in [6, 6.07) is 16.5. The molecule has 0 atom stereocenters. The third-order valence-electron chi connectivity index (χ3n) is 4.50. The first-order valence-electron chi connectivity index (χ1n) is 8.20. The molecule has 3 aromatic rings. The Hall–Kier alpha value is -2.59. The van der Waals surface area contributed by atoms with E-state index < -0.39 is 0 Å². The van der Waals surface area contributed by atoms with Crippen molar-refractivity contribution in [2.24, 2.45) is 0 Å². The predicted molar refractivity (Wildman–Crippen MR) is 92.8 cm³/mol. The van der Waals surface area contributed by atoms with E-state index in [9.17, 15) is 0 Å². The van der Waals surface area contributed by atoms with Gasteiger partial charge < -0.3 is 9.15 Å². The molecule has 4 rings (SSSR count). The Morgan fingerprint density at radius 2 is 1.88 bits per heavy atom. The second-order valence-corrected chi connectivity index (χ2v) is 6.08. The summed E-state index contributed by atoms with van der Waals surface area (Å²) in [5.41, 5.74) is 3.88. The minimum atomic E-state index is 0.741. The monoisotopic (exact) mass is 320 g/mol. The molecule has 0 saturated carbocycles. The molecule has 4 nitrogen and oxygen atoms in total. The molecule has 0 unspecified atom stereocenters. The second kappa shape index (κ2) is 6.49. The lowest BCUT2D eigenvalue weighted by molar-refractivity contribution is 0.222. The van der Waals surface area contributed by atoms with E-state index in [4.69, 9.17) is 9.15 Å². The van der Waals surface area contributed by atoms with Gasteiger partial charge in [0.25, 0.3) is 0 Å². The minimum absolute atomic E-state index is 0.741. The molecule has 0 N–H and O–H groups in total. The first-order valence-corrected chi connectivity index (χ1v) is 8.20. The molecule has 24 heavy (non-hydrogen) atoms. The van der Waals surface area contributed by atoms with Crippen LogP contribution in [0.1, 0.15) is 17.0 Å². The predicted octanol–water partition coefficient (Wildman–Crippen LogP) is 3.91. The highest BCUT2D eigenvalue weighted by atomic mass is 16.5. The summed E-state index contributed by atoms with van der Waals surface area (Å²) in [5, 5.41) is 0. The molecule has 0 saturated heterocycles. The van der Waals surface area contributed by atoms with E-state index in [-0.39, 0.29) is 0 Å². The van der Waals surface area contributed by atoms with Crippen molar-refractivity contribution in [1.82, 2.24) is 9.88 Å². The molecule has 0 radical (unpaired) electrons. The molecule has 122 valence electrons. The molecular weight excluding hydrogens is 300 g/mol. The summed E-state index contributed by atoms with van der Waals surface area (Å²) >= 11 is 0. The summed E-state index contributed by atoms with van der Waals surface area (Å²) in [6.45, 7) is 2.73. The van der Waals surface area contributed by atoms with Crippen molar-refractivity contribution in [3.05, 3.63) is 71.7 Å². The Bertz CT molecular complexity index is 824. The Kier molecular flexibility index (Phi) is 4.05. The van der Waals surface area contributed by atoms with Crippen LogP contribution in [-0.4, -0.2) is 23.5 Å². The molecule has 0 bridgehead atoms. The van der Waals surface area contributed by atoms with Gasteiger partial charge in [-0.2, -0.15) is 0 Å². The van der Waals surface area contributed by atoms with Crippen molar-refractivity contribution in [2.45, 2.75) is 19.5 Å². The van der Waals surface area contributed by atoms with E-state index in [1.54, 1.807) is 13.3 Å². The van der Waals surface area contributed by atoms with E-state index in [0.717, 1.165) is 49.0 Å². The number of oxazole rings is 1. The SMILES string of the molecule is COc1ccc(-c2cnc(CN3CCc4ccccc4C3)o2)cc1. The van der Waals surface area contributed by atoms with Crippen molar-refractivity contribution in [1.29, 1.82) is 0 Å². The standard InChI is InChI=1S/C20H20N2O2/c1-23-18-8-6-16(7-9-18)19-12-21-20(24-19)14-22-11-10-15-4-2-3-5-17(15)13-22/h2-9,12H,10-11,13-14H2,1H3. The first kappa shape index (κ1) is 15.0. The third kappa shape index (κ3) is 3.05. The highest BCUT2D eigenvalue weighted by molar-refractivity contribution is 5.57. The Morgan fingerprint density at radius 1 is 1.08 bits per heavy atom. The molecule has 1 aliphatic rings. The second-order valence-electron chi connectivity index (χ2n) is 6.08. The fraction of sp³-hybridized carbons (Fsp3) is 0.250. The van der Waals surface area contributed by atoms with Crippen LogP contribution in [0.4, 0.5) is 0 Å². The van der Waals surface area contributed by atoms with Gasteiger partial charge in [0.2, 0.25) is 5.89 Å². The molecule has 0 spiro atoms. The van der Waals surface area contributed by atoms with Gasteiger partial charge in [-0.1, -0.05) is 24.3 Å². The Morgan fingerprint density at radius 3 is 2.67 bits per heavy atom. The fourth-order valence-electron chi connectivity index (χ4n) is 3.15.